The first-order chi connectivity index (χ1) is 9.54. The third kappa shape index (κ3) is 4.72. The van der Waals surface area contributed by atoms with Crippen LogP contribution in [0.2, 0.25) is 15.1 Å². The lowest BCUT2D eigenvalue weighted by molar-refractivity contribution is -0.145. The molecule has 0 radical (unpaired) electrons. The number of carbonyl (C=O) groups is 2. The average Bonchev–Trinajstić information content (AvgIpc) is 2.24. The van der Waals surface area contributed by atoms with E-state index in [-0.39, 0.29) is 15.1 Å². The molecule has 0 heterocycles. The summed E-state index contributed by atoms with van der Waals surface area (Å²) >= 11 is 17.1. The molecule has 21 heavy (non-hydrogen) atoms. The molecule has 11 heteroatoms. The van der Waals surface area contributed by atoms with E-state index in [1.54, 1.807) is 4.72 Å². The molecular weight excluding hydrogens is 369 g/mol. The number of carboxylic acids is 2. The molecule has 1 aromatic rings. The Morgan fingerprint density at radius 3 is 2.00 bits per heavy atom. The van der Waals surface area contributed by atoms with Crippen LogP contribution in [0.25, 0.3) is 0 Å². The summed E-state index contributed by atoms with van der Waals surface area (Å²) < 4.78 is 25.9. The maximum absolute atomic E-state index is 12.1. The molecule has 0 bridgehead atoms. The number of hydrogen-bond acceptors (Lipinski definition) is 4. The van der Waals surface area contributed by atoms with Crippen molar-refractivity contribution in [2.75, 3.05) is 0 Å². The Morgan fingerprint density at radius 1 is 1.14 bits per heavy atom. The van der Waals surface area contributed by atoms with Crippen molar-refractivity contribution in [1.82, 2.24) is 4.72 Å². The van der Waals surface area contributed by atoms with Crippen molar-refractivity contribution >= 4 is 56.8 Å². The topological polar surface area (TPSA) is 121 Å². The number of aliphatic carboxylic acids is 2. The molecule has 7 nitrogen and oxygen atoms in total. The van der Waals surface area contributed by atoms with Crippen LogP contribution in [0.3, 0.4) is 0 Å². The third-order valence-corrected chi connectivity index (χ3v) is 4.82. The Hall–Kier alpha value is -1.06. The quantitative estimate of drug-likeness (QED) is 0.697. The Balaban J connectivity index is 3.23. The molecule has 1 unspecified atom stereocenters. The van der Waals surface area contributed by atoms with Crippen LogP contribution >= 0.6 is 34.8 Å². The Labute approximate surface area is 134 Å². The summed E-state index contributed by atoms with van der Waals surface area (Å²) in [6.07, 6.45) is -0.947. The van der Waals surface area contributed by atoms with E-state index in [1.807, 2.05) is 0 Å². The van der Waals surface area contributed by atoms with E-state index in [0.29, 0.717) is 0 Å². The molecule has 116 valence electrons. The molecule has 1 rings (SSSR count). The van der Waals surface area contributed by atoms with E-state index in [0.717, 1.165) is 12.1 Å². The minimum Gasteiger partial charge on any atom is -0.481 e. The van der Waals surface area contributed by atoms with Crippen molar-refractivity contribution in [1.29, 1.82) is 0 Å². The van der Waals surface area contributed by atoms with Gasteiger partial charge in [0.05, 0.1) is 16.5 Å². The van der Waals surface area contributed by atoms with E-state index in [9.17, 15) is 18.0 Å². The standard InChI is InChI=1S/C10H8Cl3NO6S/c11-4-1-5(12)9(6(13)2-4)21(19,20)14-7(10(17)18)3-8(15)16/h1-2,7,14H,3H2,(H,15,16)(H,17,18). The van der Waals surface area contributed by atoms with Gasteiger partial charge in [-0.3, -0.25) is 9.59 Å². The highest BCUT2D eigenvalue weighted by molar-refractivity contribution is 7.89. The first kappa shape index (κ1) is 18.0. The fourth-order valence-electron chi connectivity index (χ4n) is 1.39. The highest BCUT2D eigenvalue weighted by Crippen LogP contribution is 2.32. The zero-order valence-electron chi connectivity index (χ0n) is 10.0. The van der Waals surface area contributed by atoms with Crippen LogP contribution in [0, 0.1) is 0 Å². The number of halogens is 3. The van der Waals surface area contributed by atoms with Crippen LogP contribution < -0.4 is 4.72 Å². The third-order valence-electron chi connectivity index (χ3n) is 2.21. The van der Waals surface area contributed by atoms with Gasteiger partial charge in [0, 0.05) is 5.02 Å². The van der Waals surface area contributed by atoms with Crippen LogP contribution in [-0.4, -0.2) is 36.6 Å². The van der Waals surface area contributed by atoms with E-state index in [4.69, 9.17) is 45.0 Å². The van der Waals surface area contributed by atoms with Gasteiger partial charge in [0.25, 0.3) is 0 Å². The summed E-state index contributed by atoms with van der Waals surface area (Å²) in [4.78, 5) is 20.9. The zero-order chi connectivity index (χ0) is 16.4. The fraction of sp³-hybridized carbons (Fsp3) is 0.200. The summed E-state index contributed by atoms with van der Waals surface area (Å²) in [7, 11) is -4.44. The molecule has 0 saturated heterocycles. The summed E-state index contributed by atoms with van der Waals surface area (Å²) in [6.45, 7) is 0. The van der Waals surface area contributed by atoms with Gasteiger partial charge in [-0.25, -0.2) is 8.42 Å². The zero-order valence-corrected chi connectivity index (χ0v) is 13.1. The molecule has 3 N–H and O–H groups in total. The largest absolute Gasteiger partial charge is 0.481 e. The molecule has 0 aliphatic heterocycles. The second kappa shape index (κ2) is 6.80. The number of carboxylic acid groups (broad SMARTS) is 2. The second-order valence-electron chi connectivity index (χ2n) is 3.81. The predicted octanol–water partition coefficient (Wildman–Crippen LogP) is 1.85. The molecule has 0 amide bonds. The van der Waals surface area contributed by atoms with Crippen LogP contribution in [-0.2, 0) is 19.6 Å². The molecule has 0 aliphatic carbocycles. The lowest BCUT2D eigenvalue weighted by Crippen LogP contribution is -2.42. The Morgan fingerprint density at radius 2 is 1.62 bits per heavy atom. The van der Waals surface area contributed by atoms with Crippen LogP contribution in [0.4, 0.5) is 0 Å². The average molecular weight is 377 g/mol. The molecule has 0 saturated carbocycles. The Bertz CT molecular complexity index is 667. The molecule has 1 aromatic carbocycles. The van der Waals surface area contributed by atoms with Gasteiger partial charge in [-0.2, -0.15) is 4.72 Å². The van der Waals surface area contributed by atoms with Gasteiger partial charge in [0.2, 0.25) is 10.0 Å². The minimum atomic E-state index is -4.44. The highest BCUT2D eigenvalue weighted by atomic mass is 35.5. The molecule has 0 aliphatic rings. The smallest absolute Gasteiger partial charge is 0.322 e. The van der Waals surface area contributed by atoms with E-state index < -0.39 is 39.3 Å². The van der Waals surface area contributed by atoms with Crippen LogP contribution in [0.15, 0.2) is 17.0 Å². The van der Waals surface area contributed by atoms with Gasteiger partial charge in [0.15, 0.2) is 0 Å². The molecule has 1 atom stereocenters. The highest BCUT2D eigenvalue weighted by Gasteiger charge is 2.30. The summed E-state index contributed by atoms with van der Waals surface area (Å²) in [5.74, 6) is -3.14. The summed E-state index contributed by atoms with van der Waals surface area (Å²) in [6, 6.07) is 0.350. The van der Waals surface area contributed by atoms with Crippen molar-refractivity contribution < 1.29 is 28.2 Å². The lowest BCUT2D eigenvalue weighted by Gasteiger charge is -2.14. The van der Waals surface area contributed by atoms with E-state index in [2.05, 4.69) is 0 Å². The maximum atomic E-state index is 12.1. The SMILES string of the molecule is O=C(O)CC(NS(=O)(=O)c1c(Cl)cc(Cl)cc1Cl)C(=O)O. The van der Waals surface area contributed by atoms with Gasteiger partial charge in [-0.15, -0.1) is 0 Å². The number of rotatable bonds is 6. The normalized spacial score (nSPS) is 12.9. The number of hydrogen-bond donors (Lipinski definition) is 3. The predicted molar refractivity (Wildman–Crippen MR) is 75.5 cm³/mol. The van der Waals surface area contributed by atoms with Gasteiger partial charge in [-0.05, 0) is 12.1 Å². The van der Waals surface area contributed by atoms with Gasteiger partial charge < -0.3 is 10.2 Å². The van der Waals surface area contributed by atoms with Gasteiger partial charge >= 0.3 is 11.9 Å². The maximum Gasteiger partial charge on any atom is 0.322 e. The number of benzene rings is 1. The monoisotopic (exact) mass is 375 g/mol. The van der Waals surface area contributed by atoms with Crippen LogP contribution in [0.5, 0.6) is 0 Å². The minimum absolute atomic E-state index is 0.0873. The molecule has 0 aromatic heterocycles. The van der Waals surface area contributed by atoms with Crippen molar-refractivity contribution in [2.45, 2.75) is 17.4 Å². The molecular formula is C10H8Cl3NO6S. The van der Waals surface area contributed by atoms with Gasteiger partial charge in [-0.1, -0.05) is 34.8 Å². The van der Waals surface area contributed by atoms with Crippen molar-refractivity contribution in [3.05, 3.63) is 27.2 Å². The summed E-state index contributed by atoms with van der Waals surface area (Å²) in [5, 5.41) is 16.9. The van der Waals surface area contributed by atoms with Crippen molar-refractivity contribution in [3.8, 4) is 0 Å². The van der Waals surface area contributed by atoms with Gasteiger partial charge in [0.1, 0.15) is 10.9 Å². The number of sulfonamides is 1. The van der Waals surface area contributed by atoms with Crippen molar-refractivity contribution in [2.24, 2.45) is 0 Å². The number of nitrogens with one attached hydrogen (secondary N) is 1. The summed E-state index contributed by atoms with van der Waals surface area (Å²) in [5.41, 5.74) is 0. The first-order valence-electron chi connectivity index (χ1n) is 5.16. The van der Waals surface area contributed by atoms with E-state index in [1.165, 1.54) is 0 Å². The molecule has 0 spiro atoms. The first-order valence-corrected chi connectivity index (χ1v) is 7.77. The fourth-order valence-corrected chi connectivity index (χ4v) is 4.12. The molecule has 0 fully saturated rings. The Kier molecular flexibility index (Phi) is 5.83. The van der Waals surface area contributed by atoms with Crippen molar-refractivity contribution in [3.63, 3.8) is 0 Å². The second-order valence-corrected chi connectivity index (χ2v) is 6.71. The lowest BCUT2D eigenvalue weighted by atomic mass is 10.2. The van der Waals surface area contributed by atoms with E-state index >= 15 is 0 Å². The van der Waals surface area contributed by atoms with Crippen LogP contribution in [0.1, 0.15) is 6.42 Å².